The zero-order valence-corrected chi connectivity index (χ0v) is 13.7. The third-order valence-electron chi connectivity index (χ3n) is 3.51. The van der Waals surface area contributed by atoms with Gasteiger partial charge in [-0.1, -0.05) is 20.8 Å². The minimum absolute atomic E-state index is 0.0499. The molecule has 1 amide bonds. The van der Waals surface area contributed by atoms with Gasteiger partial charge < -0.3 is 10.6 Å². The molecule has 1 fully saturated rings. The highest BCUT2D eigenvalue weighted by Crippen LogP contribution is 2.25. The topological polar surface area (TPSA) is 83.7 Å². The van der Waals surface area contributed by atoms with E-state index in [0.29, 0.717) is 32.7 Å². The molecule has 1 rings (SSSR count). The molecule has 0 saturated carbocycles. The second-order valence-corrected chi connectivity index (χ2v) is 8.67. The van der Waals surface area contributed by atoms with Crippen molar-refractivity contribution >= 4 is 15.9 Å². The quantitative estimate of drug-likeness (QED) is 0.798. The molecule has 20 heavy (non-hydrogen) atoms. The molecule has 0 aromatic heterocycles. The van der Waals surface area contributed by atoms with Crippen LogP contribution in [0.2, 0.25) is 0 Å². The highest BCUT2D eigenvalue weighted by molar-refractivity contribution is 7.88. The van der Waals surface area contributed by atoms with Crippen molar-refractivity contribution in [1.82, 2.24) is 9.21 Å². The zero-order valence-electron chi connectivity index (χ0n) is 12.9. The summed E-state index contributed by atoms with van der Waals surface area (Å²) < 4.78 is 24.3. The molecule has 0 aromatic carbocycles. The van der Waals surface area contributed by atoms with Crippen molar-refractivity contribution in [1.29, 1.82) is 0 Å². The summed E-state index contributed by atoms with van der Waals surface area (Å²) in [5, 5.41) is 0. The van der Waals surface area contributed by atoms with E-state index >= 15 is 0 Å². The minimum Gasteiger partial charge on any atom is -0.340 e. The summed E-state index contributed by atoms with van der Waals surface area (Å²) in [4.78, 5) is 14.2. The first-order valence-electron chi connectivity index (χ1n) is 6.98. The zero-order chi connectivity index (χ0) is 15.6. The normalized spacial score (nSPS) is 19.9. The summed E-state index contributed by atoms with van der Waals surface area (Å²) in [5.74, 6) is -0.129. The van der Waals surface area contributed by atoms with Gasteiger partial charge in [0.05, 0.1) is 12.2 Å². The van der Waals surface area contributed by atoms with E-state index in [4.69, 9.17) is 5.73 Å². The van der Waals surface area contributed by atoms with Crippen molar-refractivity contribution in [2.45, 2.75) is 27.2 Å². The van der Waals surface area contributed by atoms with Crippen molar-refractivity contribution in [2.75, 3.05) is 39.0 Å². The van der Waals surface area contributed by atoms with Gasteiger partial charge in [-0.2, -0.15) is 4.31 Å². The monoisotopic (exact) mass is 305 g/mol. The summed E-state index contributed by atoms with van der Waals surface area (Å²) in [7, 11) is -3.16. The van der Waals surface area contributed by atoms with Gasteiger partial charge in [-0.15, -0.1) is 0 Å². The second-order valence-electron chi connectivity index (χ2n) is 6.68. The second kappa shape index (κ2) is 6.41. The maximum atomic E-state index is 12.4. The molecule has 7 heteroatoms. The number of sulfonamides is 1. The van der Waals surface area contributed by atoms with E-state index in [9.17, 15) is 13.2 Å². The molecular weight excluding hydrogens is 278 g/mol. The average Bonchev–Trinajstić information content (AvgIpc) is 2.33. The fraction of sp³-hybridized carbons (Fsp3) is 0.923. The molecule has 1 heterocycles. The molecule has 0 aromatic rings. The van der Waals surface area contributed by atoms with Gasteiger partial charge >= 0.3 is 0 Å². The highest BCUT2D eigenvalue weighted by Gasteiger charge is 2.31. The molecule has 0 aliphatic carbocycles. The van der Waals surface area contributed by atoms with Crippen LogP contribution in [-0.2, 0) is 14.8 Å². The van der Waals surface area contributed by atoms with Gasteiger partial charge in [0.1, 0.15) is 0 Å². The predicted octanol–water partition coefficient (Wildman–Crippen LogP) is 0.101. The van der Waals surface area contributed by atoms with Crippen LogP contribution < -0.4 is 5.73 Å². The van der Waals surface area contributed by atoms with Crippen LogP contribution >= 0.6 is 0 Å². The van der Waals surface area contributed by atoms with Gasteiger partial charge in [0, 0.05) is 32.7 Å². The lowest BCUT2D eigenvalue weighted by atomic mass is 9.84. The molecule has 0 radical (unpaired) electrons. The largest absolute Gasteiger partial charge is 0.340 e. The Hall–Kier alpha value is -0.660. The van der Waals surface area contributed by atoms with Crippen LogP contribution in [0.15, 0.2) is 0 Å². The molecule has 118 valence electrons. The van der Waals surface area contributed by atoms with Gasteiger partial charge in [-0.05, 0) is 11.8 Å². The van der Waals surface area contributed by atoms with Gasteiger partial charge in [0.15, 0.2) is 0 Å². The van der Waals surface area contributed by atoms with E-state index in [-0.39, 0.29) is 17.2 Å². The fourth-order valence-electron chi connectivity index (χ4n) is 2.51. The van der Waals surface area contributed by atoms with Gasteiger partial charge in [0.25, 0.3) is 0 Å². The third kappa shape index (κ3) is 5.03. The van der Waals surface area contributed by atoms with E-state index in [1.54, 1.807) is 4.90 Å². The molecule has 0 spiro atoms. The summed E-state index contributed by atoms with van der Waals surface area (Å²) >= 11 is 0. The summed E-state index contributed by atoms with van der Waals surface area (Å²) in [5.41, 5.74) is 5.78. The first-order valence-corrected chi connectivity index (χ1v) is 8.83. The Morgan fingerprint density at radius 3 is 2.05 bits per heavy atom. The number of hydrogen-bond donors (Lipinski definition) is 1. The number of rotatable bonds is 4. The number of carbonyl (C=O) groups excluding carboxylic acids is 1. The molecule has 1 aliphatic rings. The summed E-state index contributed by atoms with van der Waals surface area (Å²) in [6.07, 6.45) is 1.95. The molecule has 6 nitrogen and oxygen atoms in total. The highest BCUT2D eigenvalue weighted by atomic mass is 32.2. The van der Waals surface area contributed by atoms with Crippen molar-refractivity contribution in [3.63, 3.8) is 0 Å². The smallest absolute Gasteiger partial charge is 0.227 e. The molecule has 1 saturated heterocycles. The Labute approximate surface area is 122 Å². The molecule has 1 atom stereocenters. The lowest BCUT2D eigenvalue weighted by Crippen LogP contribution is -2.52. The maximum absolute atomic E-state index is 12.4. The number of piperazine rings is 1. The maximum Gasteiger partial charge on any atom is 0.227 e. The van der Waals surface area contributed by atoms with Gasteiger partial charge in [-0.25, -0.2) is 8.42 Å². The minimum atomic E-state index is -3.16. The lowest BCUT2D eigenvalue weighted by molar-refractivity contribution is -0.137. The van der Waals surface area contributed by atoms with E-state index in [1.807, 2.05) is 0 Å². The summed E-state index contributed by atoms with van der Waals surface area (Å²) in [6.45, 7) is 8.25. The van der Waals surface area contributed by atoms with E-state index in [0.717, 1.165) is 6.42 Å². The fourth-order valence-corrected chi connectivity index (χ4v) is 3.34. The number of nitrogens with two attached hydrogens (primary N) is 1. The Kier molecular flexibility index (Phi) is 5.57. The number of carbonyl (C=O) groups is 1. The first kappa shape index (κ1) is 17.4. The van der Waals surface area contributed by atoms with Crippen molar-refractivity contribution in [3.05, 3.63) is 0 Å². The molecular formula is C13H27N3O3S. The standard InChI is InChI=1S/C13H27N3O3S/c1-13(2,3)9-11(10-14)12(17)15-5-7-16(8-6-15)20(4,18)19/h11H,5-10,14H2,1-4H3. The summed E-state index contributed by atoms with van der Waals surface area (Å²) in [6, 6.07) is 0. The Morgan fingerprint density at radius 1 is 1.20 bits per heavy atom. The molecule has 2 N–H and O–H groups in total. The lowest BCUT2D eigenvalue weighted by Gasteiger charge is -2.36. The van der Waals surface area contributed by atoms with Crippen LogP contribution in [0.4, 0.5) is 0 Å². The molecule has 1 aliphatic heterocycles. The molecule has 0 bridgehead atoms. The van der Waals surface area contributed by atoms with Gasteiger partial charge in [-0.3, -0.25) is 4.79 Å². The Morgan fingerprint density at radius 2 is 1.70 bits per heavy atom. The molecule has 1 unspecified atom stereocenters. The van der Waals surface area contributed by atoms with Crippen LogP contribution in [0, 0.1) is 11.3 Å². The van der Waals surface area contributed by atoms with Gasteiger partial charge in [0.2, 0.25) is 15.9 Å². The van der Waals surface area contributed by atoms with Crippen molar-refractivity contribution < 1.29 is 13.2 Å². The number of hydrogen-bond acceptors (Lipinski definition) is 4. The number of nitrogens with zero attached hydrogens (tertiary/aromatic N) is 2. The van der Waals surface area contributed by atoms with Crippen LogP contribution in [0.25, 0.3) is 0 Å². The van der Waals surface area contributed by atoms with Crippen LogP contribution in [0.1, 0.15) is 27.2 Å². The third-order valence-corrected chi connectivity index (χ3v) is 4.82. The first-order chi connectivity index (χ1) is 9.04. The Bertz CT molecular complexity index is 434. The van der Waals surface area contributed by atoms with Crippen molar-refractivity contribution in [3.8, 4) is 0 Å². The average molecular weight is 305 g/mol. The van der Waals surface area contributed by atoms with Crippen LogP contribution in [0.5, 0.6) is 0 Å². The van der Waals surface area contributed by atoms with E-state index < -0.39 is 10.0 Å². The SMILES string of the molecule is CC(C)(C)CC(CN)C(=O)N1CCN(S(C)(=O)=O)CC1. The predicted molar refractivity (Wildman–Crippen MR) is 79.6 cm³/mol. The number of amides is 1. The van der Waals surface area contributed by atoms with Crippen LogP contribution in [-0.4, -0.2) is 62.5 Å². The van der Waals surface area contributed by atoms with E-state index in [1.165, 1.54) is 10.6 Å². The van der Waals surface area contributed by atoms with Crippen LogP contribution in [0.3, 0.4) is 0 Å². The van der Waals surface area contributed by atoms with E-state index in [2.05, 4.69) is 20.8 Å². The van der Waals surface area contributed by atoms with Crippen molar-refractivity contribution in [2.24, 2.45) is 17.1 Å². The Balaban J connectivity index is 2.61.